The summed E-state index contributed by atoms with van der Waals surface area (Å²) in [7, 11) is 0. The van der Waals surface area contributed by atoms with E-state index in [1.54, 1.807) is 0 Å². The van der Waals surface area contributed by atoms with Gasteiger partial charge in [-0.15, -0.1) is 16.6 Å². The van der Waals surface area contributed by atoms with Crippen molar-refractivity contribution in [3.05, 3.63) is 30.2 Å². The summed E-state index contributed by atoms with van der Waals surface area (Å²) >= 11 is 1.24. The largest absolute Gasteiger partial charge is 0.416 e. The van der Waals surface area contributed by atoms with Crippen molar-refractivity contribution in [2.75, 3.05) is 48.7 Å². The molecule has 1 aromatic carbocycles. The Kier molecular flexibility index (Phi) is 6.74. The standard InChI is InChI=1S/C19H23N5O2S/c1-3-9-23-10-12-24(13-11-23)16-8-6-5-7-15(16)20-17(25)14-27-19-22-21-18(4-2)26-19/h1,5-8H,4,9-14H2,2H3,(H,20,25). The summed E-state index contributed by atoms with van der Waals surface area (Å²) in [5.74, 6) is 3.38. The van der Waals surface area contributed by atoms with Gasteiger partial charge in [0.2, 0.25) is 11.8 Å². The van der Waals surface area contributed by atoms with Crippen molar-refractivity contribution in [2.45, 2.75) is 18.6 Å². The van der Waals surface area contributed by atoms with Gasteiger partial charge in [-0.1, -0.05) is 36.7 Å². The number of hydrogen-bond donors (Lipinski definition) is 1. The van der Waals surface area contributed by atoms with E-state index in [0.29, 0.717) is 24.1 Å². The van der Waals surface area contributed by atoms with Crippen LogP contribution in [0.2, 0.25) is 0 Å². The van der Waals surface area contributed by atoms with Crippen LogP contribution >= 0.6 is 11.8 Å². The number of thioether (sulfide) groups is 1. The molecule has 8 heteroatoms. The second-order valence-corrected chi connectivity index (χ2v) is 7.06. The first-order valence-corrected chi connectivity index (χ1v) is 9.93. The first-order chi connectivity index (χ1) is 13.2. The predicted octanol–water partition coefficient (Wildman–Crippen LogP) is 2.12. The fourth-order valence-electron chi connectivity index (χ4n) is 2.88. The van der Waals surface area contributed by atoms with Crippen molar-refractivity contribution in [3.63, 3.8) is 0 Å². The maximum Gasteiger partial charge on any atom is 0.277 e. The molecule has 0 bridgehead atoms. The Morgan fingerprint density at radius 1 is 1.30 bits per heavy atom. The van der Waals surface area contributed by atoms with E-state index in [4.69, 9.17) is 10.8 Å². The molecule has 1 aliphatic heterocycles. The van der Waals surface area contributed by atoms with Crippen molar-refractivity contribution in [1.82, 2.24) is 15.1 Å². The van der Waals surface area contributed by atoms with Crippen LogP contribution in [0.25, 0.3) is 0 Å². The number of nitrogens with one attached hydrogen (secondary N) is 1. The van der Waals surface area contributed by atoms with Crippen LogP contribution in [0.5, 0.6) is 0 Å². The maximum absolute atomic E-state index is 12.4. The van der Waals surface area contributed by atoms with Crippen LogP contribution < -0.4 is 10.2 Å². The molecule has 1 N–H and O–H groups in total. The first-order valence-electron chi connectivity index (χ1n) is 8.94. The third kappa shape index (κ3) is 5.25. The van der Waals surface area contributed by atoms with Crippen LogP contribution in [0.15, 0.2) is 33.9 Å². The normalized spacial score (nSPS) is 14.7. The Bertz CT molecular complexity index is 808. The zero-order valence-electron chi connectivity index (χ0n) is 15.4. The summed E-state index contributed by atoms with van der Waals surface area (Å²) in [5.41, 5.74) is 1.84. The lowest BCUT2D eigenvalue weighted by Gasteiger charge is -2.36. The van der Waals surface area contributed by atoms with Crippen LogP contribution in [0.3, 0.4) is 0 Å². The van der Waals surface area contributed by atoms with Crippen LogP contribution in [0.4, 0.5) is 11.4 Å². The number of anilines is 2. The van der Waals surface area contributed by atoms with Gasteiger partial charge in [0.05, 0.1) is 23.7 Å². The van der Waals surface area contributed by atoms with Gasteiger partial charge in [0.15, 0.2) is 0 Å². The highest BCUT2D eigenvalue weighted by molar-refractivity contribution is 7.99. The highest BCUT2D eigenvalue weighted by Crippen LogP contribution is 2.27. The molecule has 0 saturated carbocycles. The maximum atomic E-state index is 12.4. The zero-order valence-corrected chi connectivity index (χ0v) is 16.2. The smallest absolute Gasteiger partial charge is 0.277 e. The molecule has 1 saturated heterocycles. The molecule has 0 radical (unpaired) electrons. The summed E-state index contributed by atoms with van der Waals surface area (Å²) in [5, 5.41) is 11.2. The minimum Gasteiger partial charge on any atom is -0.416 e. The van der Waals surface area contributed by atoms with Gasteiger partial charge in [0, 0.05) is 32.6 Å². The summed E-state index contributed by atoms with van der Waals surface area (Å²) in [4.78, 5) is 16.9. The molecular weight excluding hydrogens is 362 g/mol. The Hall–Kier alpha value is -2.50. The number of piperazine rings is 1. The average Bonchev–Trinajstić information content (AvgIpc) is 3.16. The minimum absolute atomic E-state index is 0.102. The van der Waals surface area contributed by atoms with Crippen molar-refractivity contribution >= 4 is 29.0 Å². The lowest BCUT2D eigenvalue weighted by atomic mass is 10.2. The van der Waals surface area contributed by atoms with Gasteiger partial charge in [-0.25, -0.2) is 0 Å². The van der Waals surface area contributed by atoms with E-state index < -0.39 is 0 Å². The molecule has 0 aliphatic carbocycles. The fraction of sp³-hybridized carbons (Fsp3) is 0.421. The van der Waals surface area contributed by atoms with Crippen LogP contribution in [0, 0.1) is 12.3 Å². The molecule has 1 aliphatic rings. The van der Waals surface area contributed by atoms with Crippen LogP contribution in [-0.4, -0.2) is 59.5 Å². The van der Waals surface area contributed by atoms with Gasteiger partial charge in [-0.2, -0.15) is 0 Å². The Morgan fingerprint density at radius 3 is 2.78 bits per heavy atom. The number of terminal acetylenes is 1. The molecule has 0 unspecified atom stereocenters. The molecule has 7 nitrogen and oxygen atoms in total. The van der Waals surface area contributed by atoms with Crippen LogP contribution in [0.1, 0.15) is 12.8 Å². The number of aromatic nitrogens is 2. The quantitative estimate of drug-likeness (QED) is 0.578. The van der Waals surface area contributed by atoms with Gasteiger partial charge in [-0.3, -0.25) is 9.69 Å². The van der Waals surface area contributed by atoms with E-state index in [9.17, 15) is 4.79 Å². The molecule has 1 amide bonds. The SMILES string of the molecule is C#CCN1CCN(c2ccccc2NC(=O)CSc2nnc(CC)o2)CC1. The number of benzene rings is 1. The molecule has 3 rings (SSSR count). The van der Waals surface area contributed by atoms with Gasteiger partial charge in [0.1, 0.15) is 0 Å². The summed E-state index contributed by atoms with van der Waals surface area (Å²) < 4.78 is 5.42. The van der Waals surface area contributed by atoms with Gasteiger partial charge in [0.25, 0.3) is 5.22 Å². The number of carbonyl (C=O) groups excluding carboxylic acids is 1. The number of amides is 1. The number of rotatable bonds is 7. The molecule has 0 atom stereocenters. The number of nitrogens with zero attached hydrogens (tertiary/aromatic N) is 4. The topological polar surface area (TPSA) is 74.5 Å². The Labute approximate surface area is 163 Å². The molecule has 1 fully saturated rings. The van der Waals surface area contributed by atoms with E-state index in [0.717, 1.165) is 37.6 Å². The summed E-state index contributed by atoms with van der Waals surface area (Å²) in [6.45, 7) is 6.21. The minimum atomic E-state index is -0.102. The van der Waals surface area contributed by atoms with Crippen molar-refractivity contribution in [1.29, 1.82) is 0 Å². The lowest BCUT2D eigenvalue weighted by molar-refractivity contribution is -0.113. The molecule has 27 heavy (non-hydrogen) atoms. The fourth-order valence-corrected chi connectivity index (χ4v) is 3.46. The molecule has 2 heterocycles. The van der Waals surface area contributed by atoms with Gasteiger partial charge in [-0.05, 0) is 12.1 Å². The molecule has 142 valence electrons. The predicted molar refractivity (Wildman–Crippen MR) is 107 cm³/mol. The number of para-hydroxylation sites is 2. The Balaban J connectivity index is 1.57. The third-order valence-electron chi connectivity index (χ3n) is 4.28. The van der Waals surface area contributed by atoms with Crippen molar-refractivity contribution in [2.24, 2.45) is 0 Å². The number of aryl methyl sites for hydroxylation is 1. The first kappa shape index (κ1) is 19.3. The zero-order chi connectivity index (χ0) is 19.1. The molecule has 2 aromatic rings. The number of hydrogen-bond acceptors (Lipinski definition) is 7. The van der Waals surface area contributed by atoms with E-state index in [-0.39, 0.29) is 11.7 Å². The monoisotopic (exact) mass is 385 g/mol. The highest BCUT2D eigenvalue weighted by atomic mass is 32.2. The van der Waals surface area contributed by atoms with Crippen LogP contribution in [-0.2, 0) is 11.2 Å². The van der Waals surface area contributed by atoms with Gasteiger partial charge < -0.3 is 14.6 Å². The van der Waals surface area contributed by atoms with Gasteiger partial charge >= 0.3 is 0 Å². The second kappa shape index (κ2) is 9.44. The van der Waals surface area contributed by atoms with E-state index >= 15 is 0 Å². The molecule has 1 aromatic heterocycles. The van der Waals surface area contributed by atoms with E-state index in [2.05, 4.69) is 31.2 Å². The van der Waals surface area contributed by atoms with Crippen molar-refractivity contribution in [3.8, 4) is 12.3 Å². The average molecular weight is 385 g/mol. The Morgan fingerprint density at radius 2 is 2.07 bits per heavy atom. The summed E-state index contributed by atoms with van der Waals surface area (Å²) in [6.07, 6.45) is 6.08. The van der Waals surface area contributed by atoms with E-state index in [1.807, 2.05) is 31.2 Å². The van der Waals surface area contributed by atoms with Crippen molar-refractivity contribution < 1.29 is 9.21 Å². The molecule has 0 spiro atoms. The third-order valence-corrected chi connectivity index (χ3v) is 5.10. The highest BCUT2D eigenvalue weighted by Gasteiger charge is 2.19. The summed E-state index contributed by atoms with van der Waals surface area (Å²) in [6, 6.07) is 7.86. The number of carbonyl (C=O) groups is 1. The van der Waals surface area contributed by atoms with E-state index in [1.165, 1.54) is 11.8 Å². The lowest BCUT2D eigenvalue weighted by Crippen LogP contribution is -2.46. The second-order valence-electron chi connectivity index (χ2n) is 6.14. The molecular formula is C19H23N5O2S.